The Hall–Kier alpha value is -1.03. The van der Waals surface area contributed by atoms with E-state index >= 15 is 0 Å². The summed E-state index contributed by atoms with van der Waals surface area (Å²) in [6.45, 7) is 2.02. The highest BCUT2D eigenvalue weighted by molar-refractivity contribution is 7.19. The maximum atomic E-state index is 6.18. The van der Waals surface area contributed by atoms with Gasteiger partial charge in [-0.2, -0.15) is 0 Å². The van der Waals surface area contributed by atoms with Crippen LogP contribution in [-0.2, 0) is 0 Å². The fourth-order valence-electron chi connectivity index (χ4n) is 1.86. The maximum absolute atomic E-state index is 6.18. The molecule has 0 saturated heterocycles. The van der Waals surface area contributed by atoms with Crippen molar-refractivity contribution in [3.8, 4) is 10.7 Å². The number of aromatic nitrogens is 2. The summed E-state index contributed by atoms with van der Waals surface area (Å²) in [5.41, 5.74) is 2.06. The van der Waals surface area contributed by atoms with Gasteiger partial charge in [-0.05, 0) is 30.7 Å². The summed E-state index contributed by atoms with van der Waals surface area (Å²) in [6.07, 6.45) is 1.96. The first kappa shape index (κ1) is 11.1. The summed E-state index contributed by atoms with van der Waals surface area (Å²) in [6, 6.07) is 7.83. The van der Waals surface area contributed by atoms with Crippen LogP contribution in [0, 0.1) is 6.92 Å². The van der Waals surface area contributed by atoms with Crippen LogP contribution in [0.4, 0.5) is 0 Å². The van der Waals surface area contributed by atoms with Crippen LogP contribution in [0.25, 0.3) is 16.2 Å². The van der Waals surface area contributed by atoms with Crippen LogP contribution in [0.1, 0.15) is 5.56 Å². The lowest BCUT2D eigenvalue weighted by Crippen LogP contribution is -1.88. The average molecular weight is 283 g/mol. The first-order chi connectivity index (χ1) is 8.16. The van der Waals surface area contributed by atoms with Crippen molar-refractivity contribution in [1.29, 1.82) is 0 Å². The standard InChI is InChI=1S/C12H8Cl2N2S/c1-7-3-2-6-16-10(7)11(14)15-12(16)8-4-5-9(13)17-8/h2-6H,1H3. The normalized spacial score (nSPS) is 11.2. The summed E-state index contributed by atoms with van der Waals surface area (Å²) >= 11 is 13.6. The Labute approximate surface area is 112 Å². The molecule has 0 aliphatic carbocycles. The van der Waals surface area contributed by atoms with Crippen LogP contribution >= 0.6 is 34.5 Å². The van der Waals surface area contributed by atoms with Gasteiger partial charge < -0.3 is 0 Å². The molecule has 3 heterocycles. The Morgan fingerprint density at radius 3 is 2.76 bits per heavy atom. The number of hydrogen-bond acceptors (Lipinski definition) is 2. The molecule has 0 aliphatic heterocycles. The van der Waals surface area contributed by atoms with Crippen molar-refractivity contribution in [2.75, 3.05) is 0 Å². The van der Waals surface area contributed by atoms with E-state index in [1.165, 1.54) is 11.3 Å². The third kappa shape index (κ3) is 1.75. The molecular formula is C12H8Cl2N2S. The van der Waals surface area contributed by atoms with E-state index in [1.54, 1.807) is 0 Å². The third-order valence-corrected chi connectivity index (χ3v) is 4.11. The smallest absolute Gasteiger partial charge is 0.156 e. The Kier molecular flexibility index (Phi) is 2.62. The molecule has 0 spiro atoms. The molecule has 3 rings (SSSR count). The quantitative estimate of drug-likeness (QED) is 0.634. The predicted octanol–water partition coefficient (Wildman–Crippen LogP) is 4.68. The van der Waals surface area contributed by atoms with E-state index in [4.69, 9.17) is 23.2 Å². The highest BCUT2D eigenvalue weighted by Crippen LogP contribution is 2.33. The molecule has 0 N–H and O–H groups in total. The van der Waals surface area contributed by atoms with Crippen molar-refractivity contribution in [2.45, 2.75) is 6.92 Å². The van der Waals surface area contributed by atoms with Gasteiger partial charge in [0.15, 0.2) is 11.0 Å². The Balaban J connectivity index is 2.35. The van der Waals surface area contributed by atoms with Crippen LogP contribution in [0.2, 0.25) is 9.49 Å². The minimum Gasteiger partial charge on any atom is -0.297 e. The van der Waals surface area contributed by atoms with Gasteiger partial charge in [0.25, 0.3) is 0 Å². The van der Waals surface area contributed by atoms with Gasteiger partial charge in [-0.3, -0.25) is 4.40 Å². The second-order valence-electron chi connectivity index (χ2n) is 3.74. The molecule has 0 aromatic carbocycles. The monoisotopic (exact) mass is 282 g/mol. The molecule has 0 amide bonds. The van der Waals surface area contributed by atoms with Gasteiger partial charge in [-0.1, -0.05) is 29.3 Å². The van der Waals surface area contributed by atoms with Gasteiger partial charge in [0.2, 0.25) is 0 Å². The minimum absolute atomic E-state index is 0.530. The van der Waals surface area contributed by atoms with Crippen molar-refractivity contribution in [3.63, 3.8) is 0 Å². The molecule has 0 bridgehead atoms. The lowest BCUT2D eigenvalue weighted by Gasteiger charge is -2.00. The largest absolute Gasteiger partial charge is 0.297 e. The zero-order valence-corrected chi connectivity index (χ0v) is 11.3. The summed E-state index contributed by atoms with van der Waals surface area (Å²) in [5, 5.41) is 0.530. The third-order valence-electron chi connectivity index (χ3n) is 2.62. The molecule has 3 aromatic rings. The number of hydrogen-bond donors (Lipinski definition) is 0. The van der Waals surface area contributed by atoms with Crippen LogP contribution < -0.4 is 0 Å². The number of rotatable bonds is 1. The molecule has 3 aromatic heterocycles. The van der Waals surface area contributed by atoms with Crippen molar-refractivity contribution in [2.24, 2.45) is 0 Å². The van der Waals surface area contributed by atoms with E-state index < -0.39 is 0 Å². The van der Waals surface area contributed by atoms with Crippen LogP contribution in [0.3, 0.4) is 0 Å². The zero-order valence-electron chi connectivity index (χ0n) is 8.95. The summed E-state index contributed by atoms with van der Waals surface area (Å²) in [5.74, 6) is 0.839. The lowest BCUT2D eigenvalue weighted by molar-refractivity contribution is 1.16. The topological polar surface area (TPSA) is 17.3 Å². The van der Waals surface area contributed by atoms with E-state index in [2.05, 4.69) is 4.98 Å². The summed E-state index contributed by atoms with van der Waals surface area (Å²) in [4.78, 5) is 5.43. The number of pyridine rings is 1. The van der Waals surface area contributed by atoms with Gasteiger partial charge >= 0.3 is 0 Å². The molecule has 0 fully saturated rings. The van der Waals surface area contributed by atoms with Crippen LogP contribution in [-0.4, -0.2) is 9.38 Å². The fraction of sp³-hybridized carbons (Fsp3) is 0.0833. The van der Waals surface area contributed by atoms with Crippen LogP contribution in [0.15, 0.2) is 30.5 Å². The Morgan fingerprint density at radius 2 is 2.06 bits per heavy atom. The molecule has 0 saturated carbocycles. The summed E-state index contributed by atoms with van der Waals surface area (Å²) < 4.78 is 2.75. The van der Waals surface area contributed by atoms with E-state index in [9.17, 15) is 0 Å². The molecule has 17 heavy (non-hydrogen) atoms. The number of aryl methyl sites for hydroxylation is 1. The van der Waals surface area contributed by atoms with Gasteiger partial charge in [0, 0.05) is 6.20 Å². The van der Waals surface area contributed by atoms with Gasteiger partial charge in [0.1, 0.15) is 0 Å². The Bertz CT molecular complexity index is 700. The minimum atomic E-state index is 0.530. The number of nitrogens with zero attached hydrogens (tertiary/aromatic N) is 2. The molecule has 86 valence electrons. The SMILES string of the molecule is Cc1cccn2c(-c3ccc(Cl)s3)nc(Cl)c12. The maximum Gasteiger partial charge on any atom is 0.156 e. The second-order valence-corrected chi connectivity index (χ2v) is 5.81. The summed E-state index contributed by atoms with van der Waals surface area (Å²) in [7, 11) is 0. The second kappa shape index (κ2) is 4.02. The van der Waals surface area contributed by atoms with Gasteiger partial charge in [0.05, 0.1) is 14.7 Å². The van der Waals surface area contributed by atoms with Gasteiger partial charge in [-0.25, -0.2) is 4.98 Å². The number of fused-ring (bicyclic) bond motifs is 1. The molecular weight excluding hydrogens is 275 g/mol. The predicted molar refractivity (Wildman–Crippen MR) is 73.3 cm³/mol. The fourth-order valence-corrected chi connectivity index (χ4v) is 3.21. The van der Waals surface area contributed by atoms with Crippen molar-refractivity contribution < 1.29 is 0 Å². The molecule has 5 heteroatoms. The molecule has 0 unspecified atom stereocenters. The number of halogens is 2. The van der Waals surface area contributed by atoms with E-state index in [0.717, 1.165) is 26.1 Å². The molecule has 0 radical (unpaired) electrons. The van der Waals surface area contributed by atoms with Crippen molar-refractivity contribution in [3.05, 3.63) is 45.5 Å². The lowest BCUT2D eigenvalue weighted by atomic mass is 10.2. The highest BCUT2D eigenvalue weighted by atomic mass is 35.5. The first-order valence-electron chi connectivity index (χ1n) is 5.05. The van der Waals surface area contributed by atoms with E-state index in [-0.39, 0.29) is 0 Å². The highest BCUT2D eigenvalue weighted by Gasteiger charge is 2.13. The Morgan fingerprint density at radius 1 is 1.24 bits per heavy atom. The first-order valence-corrected chi connectivity index (χ1v) is 6.63. The number of imidazole rings is 1. The van der Waals surface area contributed by atoms with Gasteiger partial charge in [-0.15, -0.1) is 11.3 Å². The average Bonchev–Trinajstić information content (AvgIpc) is 2.84. The van der Waals surface area contributed by atoms with E-state index in [0.29, 0.717) is 5.15 Å². The number of thiophene rings is 1. The van der Waals surface area contributed by atoms with Crippen molar-refractivity contribution in [1.82, 2.24) is 9.38 Å². The van der Waals surface area contributed by atoms with Crippen LogP contribution in [0.5, 0.6) is 0 Å². The molecule has 0 atom stereocenters. The van der Waals surface area contributed by atoms with Crippen molar-refractivity contribution >= 4 is 40.1 Å². The van der Waals surface area contributed by atoms with E-state index in [1.807, 2.05) is 41.8 Å². The molecule has 2 nitrogen and oxygen atoms in total. The molecule has 0 aliphatic rings. The zero-order chi connectivity index (χ0) is 12.0.